The Bertz CT molecular complexity index is 891. The van der Waals surface area contributed by atoms with Crippen molar-refractivity contribution in [2.24, 2.45) is 23.7 Å². The topological polar surface area (TPSA) is 66.5 Å². The zero-order chi connectivity index (χ0) is 20.3. The van der Waals surface area contributed by atoms with Gasteiger partial charge < -0.3 is 5.32 Å². The minimum Gasteiger partial charge on any atom is -0.348 e. The van der Waals surface area contributed by atoms with Gasteiger partial charge >= 0.3 is 0 Å². The smallest absolute Gasteiger partial charge is 0.243 e. The van der Waals surface area contributed by atoms with Crippen LogP contribution in [0.15, 0.2) is 30.4 Å². The minimum atomic E-state index is -0.778. The molecule has 0 unspecified atom stereocenters. The molecule has 1 aromatic carbocycles. The number of imide groups is 1. The molecule has 1 saturated carbocycles. The highest BCUT2D eigenvalue weighted by Gasteiger charge is 2.60. The first-order valence-corrected chi connectivity index (χ1v) is 10.9. The molecule has 6 atom stereocenters. The fourth-order valence-corrected chi connectivity index (χ4v) is 5.86. The van der Waals surface area contributed by atoms with Gasteiger partial charge in [0.25, 0.3) is 0 Å². The van der Waals surface area contributed by atoms with Gasteiger partial charge in [0.2, 0.25) is 17.7 Å². The first-order chi connectivity index (χ1) is 14.0. The van der Waals surface area contributed by atoms with Crippen molar-refractivity contribution >= 4 is 17.7 Å². The Labute approximate surface area is 171 Å². The summed E-state index contributed by atoms with van der Waals surface area (Å²) < 4.78 is 0. The molecule has 0 aromatic heterocycles. The molecule has 2 bridgehead atoms. The number of nitrogens with zero attached hydrogens (tertiary/aromatic N) is 1. The molecule has 152 valence electrons. The van der Waals surface area contributed by atoms with Crippen LogP contribution in [0.4, 0.5) is 0 Å². The van der Waals surface area contributed by atoms with Gasteiger partial charge in [-0.15, -0.1) is 0 Å². The Kier molecular flexibility index (Phi) is 4.37. The lowest BCUT2D eigenvalue weighted by molar-refractivity contribution is -0.148. The first kappa shape index (κ1) is 18.6. The molecule has 1 N–H and O–H groups in total. The van der Waals surface area contributed by atoms with Gasteiger partial charge in [0, 0.05) is 0 Å². The number of amides is 3. The van der Waals surface area contributed by atoms with E-state index in [4.69, 9.17) is 0 Å². The molecule has 0 radical (unpaired) electrons. The number of nitrogens with one attached hydrogen (secondary N) is 1. The number of carbonyl (C=O) groups excluding carboxylic acids is 3. The van der Waals surface area contributed by atoms with Crippen LogP contribution in [0, 0.1) is 23.7 Å². The van der Waals surface area contributed by atoms with Gasteiger partial charge in [-0.1, -0.05) is 30.4 Å². The number of hydrogen-bond donors (Lipinski definition) is 1. The van der Waals surface area contributed by atoms with Crippen molar-refractivity contribution in [1.82, 2.24) is 10.2 Å². The van der Waals surface area contributed by atoms with E-state index in [0.717, 1.165) is 24.8 Å². The number of likely N-dealkylation sites (tertiary alicyclic amines) is 1. The summed E-state index contributed by atoms with van der Waals surface area (Å²) >= 11 is 0. The van der Waals surface area contributed by atoms with Crippen LogP contribution in [0.5, 0.6) is 0 Å². The minimum absolute atomic E-state index is 0.163. The van der Waals surface area contributed by atoms with Gasteiger partial charge in [-0.2, -0.15) is 0 Å². The van der Waals surface area contributed by atoms with E-state index < -0.39 is 6.04 Å². The second-order valence-electron chi connectivity index (χ2n) is 9.19. The molecular formula is C24H28N2O3. The maximum atomic E-state index is 12.9. The van der Waals surface area contributed by atoms with Crippen LogP contribution in [-0.4, -0.2) is 28.7 Å². The number of rotatable bonds is 4. The van der Waals surface area contributed by atoms with E-state index in [9.17, 15) is 14.4 Å². The monoisotopic (exact) mass is 392 g/mol. The van der Waals surface area contributed by atoms with Gasteiger partial charge in [0.15, 0.2) is 0 Å². The number of carbonyl (C=O) groups is 3. The second kappa shape index (κ2) is 6.82. The van der Waals surface area contributed by atoms with Crippen LogP contribution in [0.2, 0.25) is 0 Å². The fraction of sp³-hybridized carbons (Fsp3) is 0.542. The van der Waals surface area contributed by atoms with E-state index in [1.54, 1.807) is 6.92 Å². The highest BCUT2D eigenvalue weighted by molar-refractivity contribution is 6.09. The summed E-state index contributed by atoms with van der Waals surface area (Å²) in [6.45, 7) is 3.63. The van der Waals surface area contributed by atoms with E-state index in [0.29, 0.717) is 0 Å². The van der Waals surface area contributed by atoms with Crippen molar-refractivity contribution in [2.45, 2.75) is 58.0 Å². The first-order valence-electron chi connectivity index (χ1n) is 10.9. The third-order valence-corrected chi connectivity index (χ3v) is 7.50. The molecule has 29 heavy (non-hydrogen) atoms. The average molecular weight is 392 g/mol. The lowest BCUT2D eigenvalue weighted by Gasteiger charge is -2.26. The van der Waals surface area contributed by atoms with Crippen LogP contribution in [0.3, 0.4) is 0 Å². The Balaban J connectivity index is 1.29. The SMILES string of the molecule is C[C@H](NC(=O)[C@H](C)N1C(=O)[C@H]2[C@H](C1=O)[C@H]1C=C[C@H]2C1)c1ccc2c(c1)CCCC2. The molecule has 3 amide bonds. The molecule has 1 aliphatic heterocycles. The molecule has 4 aliphatic rings. The van der Waals surface area contributed by atoms with Gasteiger partial charge in [-0.05, 0) is 74.5 Å². The lowest BCUT2D eigenvalue weighted by Crippen LogP contribution is -2.49. The van der Waals surface area contributed by atoms with Crippen molar-refractivity contribution in [2.75, 3.05) is 0 Å². The number of fused-ring (bicyclic) bond motifs is 6. The molecule has 3 aliphatic carbocycles. The normalized spacial score (nSPS) is 31.6. The van der Waals surface area contributed by atoms with Crippen LogP contribution >= 0.6 is 0 Å². The predicted octanol–water partition coefficient (Wildman–Crippen LogP) is 2.94. The average Bonchev–Trinajstić information content (AvgIpc) is 3.41. The second-order valence-corrected chi connectivity index (χ2v) is 9.19. The number of aryl methyl sites for hydroxylation is 2. The molecular weight excluding hydrogens is 364 g/mol. The summed E-state index contributed by atoms with van der Waals surface area (Å²) in [6.07, 6.45) is 9.73. The summed E-state index contributed by atoms with van der Waals surface area (Å²) in [6, 6.07) is 5.51. The van der Waals surface area contributed by atoms with Crippen LogP contribution in [-0.2, 0) is 27.2 Å². The summed E-state index contributed by atoms with van der Waals surface area (Å²) in [5.74, 6) is -0.789. The zero-order valence-electron chi connectivity index (χ0n) is 17.1. The van der Waals surface area contributed by atoms with E-state index in [2.05, 4.69) is 35.7 Å². The molecule has 1 heterocycles. The summed E-state index contributed by atoms with van der Waals surface area (Å²) in [4.78, 5) is 40.0. The summed E-state index contributed by atoms with van der Waals surface area (Å²) in [5.41, 5.74) is 3.86. The predicted molar refractivity (Wildman–Crippen MR) is 109 cm³/mol. The van der Waals surface area contributed by atoms with Gasteiger partial charge in [0.05, 0.1) is 17.9 Å². The Morgan fingerprint density at radius 2 is 1.62 bits per heavy atom. The van der Waals surface area contributed by atoms with E-state index >= 15 is 0 Å². The van der Waals surface area contributed by atoms with Crippen molar-refractivity contribution in [1.29, 1.82) is 0 Å². The number of allylic oxidation sites excluding steroid dienone is 2. The Morgan fingerprint density at radius 1 is 1.00 bits per heavy atom. The van der Waals surface area contributed by atoms with Crippen LogP contribution < -0.4 is 5.32 Å². The number of hydrogen-bond acceptors (Lipinski definition) is 3. The van der Waals surface area contributed by atoms with Crippen LogP contribution in [0.25, 0.3) is 0 Å². The largest absolute Gasteiger partial charge is 0.348 e. The van der Waals surface area contributed by atoms with Crippen molar-refractivity contribution in [3.63, 3.8) is 0 Å². The Hall–Kier alpha value is -2.43. The van der Waals surface area contributed by atoms with Crippen molar-refractivity contribution in [3.8, 4) is 0 Å². The number of benzene rings is 1. The highest BCUT2D eigenvalue weighted by Crippen LogP contribution is 2.52. The van der Waals surface area contributed by atoms with Gasteiger partial charge in [0.1, 0.15) is 6.04 Å². The quantitative estimate of drug-likeness (QED) is 0.633. The van der Waals surface area contributed by atoms with Gasteiger partial charge in [-0.25, -0.2) is 0 Å². The van der Waals surface area contributed by atoms with E-state index in [1.807, 2.05) is 6.92 Å². The van der Waals surface area contributed by atoms with Crippen molar-refractivity contribution < 1.29 is 14.4 Å². The third kappa shape index (κ3) is 2.85. The molecule has 2 fully saturated rings. The molecule has 5 nitrogen and oxygen atoms in total. The molecule has 1 aromatic rings. The molecule has 1 saturated heterocycles. The highest BCUT2D eigenvalue weighted by atomic mass is 16.2. The van der Waals surface area contributed by atoms with E-state index in [1.165, 1.54) is 28.9 Å². The molecule has 5 rings (SSSR count). The summed E-state index contributed by atoms with van der Waals surface area (Å²) in [5, 5.41) is 3.02. The maximum absolute atomic E-state index is 12.9. The van der Waals surface area contributed by atoms with Crippen molar-refractivity contribution in [3.05, 3.63) is 47.0 Å². The molecule has 0 spiro atoms. The van der Waals surface area contributed by atoms with E-state index in [-0.39, 0.29) is 47.4 Å². The standard InChI is InChI=1S/C24H28N2O3/c1-13(16-8-7-15-5-3-4-6-17(15)11-16)25-22(27)14(2)26-23(28)20-18-9-10-19(12-18)21(20)24(26)29/h7-11,13-14,18-21H,3-6,12H2,1-2H3,(H,25,27)/t13-,14-,18-,19-,20+,21+/m0/s1. The fourth-order valence-electron chi connectivity index (χ4n) is 5.86. The lowest BCUT2D eigenvalue weighted by atomic mass is 9.85. The third-order valence-electron chi connectivity index (χ3n) is 7.50. The maximum Gasteiger partial charge on any atom is 0.243 e. The zero-order valence-corrected chi connectivity index (χ0v) is 17.1. The van der Waals surface area contributed by atoms with Gasteiger partial charge in [-0.3, -0.25) is 19.3 Å². The summed E-state index contributed by atoms with van der Waals surface area (Å²) in [7, 11) is 0. The Morgan fingerprint density at radius 3 is 2.28 bits per heavy atom. The van der Waals surface area contributed by atoms with Crippen LogP contribution in [0.1, 0.15) is 55.8 Å². The molecule has 5 heteroatoms.